The number of aromatic nitrogens is 2. The molecule has 0 spiro atoms. The average molecular weight is 434 g/mol. The lowest BCUT2D eigenvalue weighted by Gasteiger charge is -2.21. The molecule has 1 fully saturated rings. The summed E-state index contributed by atoms with van der Waals surface area (Å²) >= 11 is 6.03. The number of nitrogens with zero attached hydrogens (tertiary/aromatic N) is 3. The summed E-state index contributed by atoms with van der Waals surface area (Å²) in [6.45, 7) is 2.79. The van der Waals surface area contributed by atoms with Gasteiger partial charge in [0.15, 0.2) is 0 Å². The minimum absolute atomic E-state index is 0.211. The van der Waals surface area contributed by atoms with Crippen LogP contribution in [0.5, 0.6) is 5.75 Å². The lowest BCUT2D eigenvalue weighted by Crippen LogP contribution is -2.30. The van der Waals surface area contributed by atoms with Crippen molar-refractivity contribution in [1.29, 1.82) is 0 Å². The van der Waals surface area contributed by atoms with Crippen molar-refractivity contribution in [2.24, 2.45) is 0 Å². The van der Waals surface area contributed by atoms with E-state index < -0.39 is 16.1 Å². The Labute approximate surface area is 174 Å². The molecule has 1 aliphatic heterocycles. The third-order valence-electron chi connectivity index (χ3n) is 4.75. The molecule has 1 aliphatic rings. The second kappa shape index (κ2) is 8.14. The van der Waals surface area contributed by atoms with Gasteiger partial charge in [-0.2, -0.15) is 9.29 Å². The number of hydrogen-bond donors (Lipinski definition) is 0. The molecule has 3 aromatic rings. The van der Waals surface area contributed by atoms with Gasteiger partial charge in [-0.05, 0) is 56.2 Å². The zero-order valence-corrected chi connectivity index (χ0v) is 17.4. The SMILES string of the molecule is CCOc1ccc(S(=O)(=O)N2CCCC2c2nc(-c3cccc(Cl)c3)no2)cc1. The predicted molar refractivity (Wildman–Crippen MR) is 108 cm³/mol. The standard InChI is InChI=1S/C20H20ClN3O4S/c1-2-27-16-8-10-17(11-9-16)29(25,26)24-12-4-7-18(24)20-22-19(23-28-20)14-5-3-6-15(21)13-14/h3,5-6,8-11,13,18H,2,4,7,12H2,1H3. The third-order valence-corrected chi connectivity index (χ3v) is 6.91. The normalized spacial score (nSPS) is 17.5. The van der Waals surface area contributed by atoms with Crippen molar-refractivity contribution < 1.29 is 17.7 Å². The van der Waals surface area contributed by atoms with Gasteiger partial charge in [0.25, 0.3) is 0 Å². The Morgan fingerprint density at radius 3 is 2.76 bits per heavy atom. The van der Waals surface area contributed by atoms with Crippen LogP contribution in [-0.2, 0) is 10.0 Å². The summed E-state index contributed by atoms with van der Waals surface area (Å²) in [4.78, 5) is 4.65. The van der Waals surface area contributed by atoms with Gasteiger partial charge in [0, 0.05) is 17.1 Å². The molecule has 1 saturated heterocycles. The molecule has 1 unspecified atom stereocenters. The molecule has 0 N–H and O–H groups in total. The van der Waals surface area contributed by atoms with E-state index in [0.717, 1.165) is 6.42 Å². The molecule has 0 aliphatic carbocycles. The van der Waals surface area contributed by atoms with Crippen molar-refractivity contribution in [3.8, 4) is 17.1 Å². The molecule has 1 atom stereocenters. The summed E-state index contributed by atoms with van der Waals surface area (Å²) < 4.78 is 38.6. The van der Waals surface area contributed by atoms with Crippen LogP contribution in [0.3, 0.4) is 0 Å². The molecule has 2 heterocycles. The maximum atomic E-state index is 13.2. The van der Waals surface area contributed by atoms with E-state index in [9.17, 15) is 8.42 Å². The molecule has 0 amide bonds. The molecule has 7 nitrogen and oxygen atoms in total. The summed E-state index contributed by atoms with van der Waals surface area (Å²) in [7, 11) is -3.70. The second-order valence-corrected chi connectivity index (χ2v) is 8.97. The van der Waals surface area contributed by atoms with E-state index >= 15 is 0 Å². The smallest absolute Gasteiger partial charge is 0.245 e. The highest BCUT2D eigenvalue weighted by Gasteiger charge is 2.39. The molecular weight excluding hydrogens is 414 g/mol. The molecule has 0 saturated carbocycles. The predicted octanol–water partition coefficient (Wildman–Crippen LogP) is 4.31. The molecule has 1 aromatic heterocycles. The lowest BCUT2D eigenvalue weighted by molar-refractivity contribution is 0.290. The average Bonchev–Trinajstić information content (AvgIpc) is 3.38. The van der Waals surface area contributed by atoms with Gasteiger partial charge in [0.1, 0.15) is 11.8 Å². The van der Waals surface area contributed by atoms with Crippen molar-refractivity contribution in [1.82, 2.24) is 14.4 Å². The minimum atomic E-state index is -3.70. The topological polar surface area (TPSA) is 85.5 Å². The van der Waals surface area contributed by atoms with E-state index in [4.69, 9.17) is 20.9 Å². The number of halogens is 1. The molecule has 9 heteroatoms. The number of rotatable bonds is 6. The van der Waals surface area contributed by atoms with E-state index in [2.05, 4.69) is 10.1 Å². The van der Waals surface area contributed by atoms with E-state index in [0.29, 0.717) is 41.7 Å². The molecule has 0 radical (unpaired) electrons. The number of benzene rings is 2. The Balaban J connectivity index is 1.60. The number of hydrogen-bond acceptors (Lipinski definition) is 6. The van der Waals surface area contributed by atoms with Gasteiger partial charge < -0.3 is 9.26 Å². The van der Waals surface area contributed by atoms with Gasteiger partial charge in [-0.25, -0.2) is 8.42 Å². The summed E-state index contributed by atoms with van der Waals surface area (Å²) in [6, 6.07) is 13.0. The number of ether oxygens (including phenoxy) is 1. The fraction of sp³-hybridized carbons (Fsp3) is 0.300. The van der Waals surface area contributed by atoms with Crippen molar-refractivity contribution >= 4 is 21.6 Å². The first-order chi connectivity index (χ1) is 14.0. The lowest BCUT2D eigenvalue weighted by atomic mass is 10.2. The highest BCUT2D eigenvalue weighted by Crippen LogP contribution is 2.36. The largest absolute Gasteiger partial charge is 0.494 e. The van der Waals surface area contributed by atoms with Gasteiger partial charge in [0.05, 0.1) is 11.5 Å². The molecule has 0 bridgehead atoms. The van der Waals surface area contributed by atoms with Crippen LogP contribution in [0.1, 0.15) is 31.7 Å². The summed E-state index contributed by atoms with van der Waals surface area (Å²) in [5, 5.41) is 4.57. The highest BCUT2D eigenvalue weighted by molar-refractivity contribution is 7.89. The first-order valence-corrected chi connectivity index (χ1v) is 11.1. The van der Waals surface area contributed by atoms with Crippen molar-refractivity contribution in [2.75, 3.05) is 13.2 Å². The number of sulfonamides is 1. The van der Waals surface area contributed by atoms with Gasteiger partial charge >= 0.3 is 0 Å². The van der Waals surface area contributed by atoms with Crippen LogP contribution >= 0.6 is 11.6 Å². The summed E-state index contributed by atoms with van der Waals surface area (Å²) in [5.74, 6) is 1.30. The fourth-order valence-electron chi connectivity index (χ4n) is 3.40. The first kappa shape index (κ1) is 19.9. The van der Waals surface area contributed by atoms with Crippen LogP contribution in [0.2, 0.25) is 5.02 Å². The van der Waals surface area contributed by atoms with Crippen molar-refractivity contribution in [2.45, 2.75) is 30.7 Å². The molecule has 29 heavy (non-hydrogen) atoms. The maximum Gasteiger partial charge on any atom is 0.245 e. The van der Waals surface area contributed by atoms with Gasteiger partial charge in [-0.1, -0.05) is 28.9 Å². The van der Waals surface area contributed by atoms with E-state index in [1.165, 1.54) is 4.31 Å². The minimum Gasteiger partial charge on any atom is -0.494 e. The monoisotopic (exact) mass is 433 g/mol. The van der Waals surface area contributed by atoms with Crippen molar-refractivity contribution in [3.05, 3.63) is 59.4 Å². The van der Waals surface area contributed by atoms with Crippen LogP contribution in [0.25, 0.3) is 11.4 Å². The Morgan fingerprint density at radius 2 is 2.03 bits per heavy atom. The highest BCUT2D eigenvalue weighted by atomic mass is 35.5. The molecule has 152 valence electrons. The van der Waals surface area contributed by atoms with Gasteiger partial charge in [0.2, 0.25) is 21.7 Å². The van der Waals surface area contributed by atoms with Crippen LogP contribution in [0.4, 0.5) is 0 Å². The Kier molecular flexibility index (Phi) is 5.58. The zero-order valence-electron chi connectivity index (χ0n) is 15.8. The Morgan fingerprint density at radius 1 is 1.24 bits per heavy atom. The van der Waals surface area contributed by atoms with Crippen LogP contribution in [0.15, 0.2) is 57.9 Å². The fourth-order valence-corrected chi connectivity index (χ4v) is 5.24. The third kappa shape index (κ3) is 4.01. The van der Waals surface area contributed by atoms with Crippen LogP contribution in [-0.4, -0.2) is 36.0 Å². The van der Waals surface area contributed by atoms with Crippen LogP contribution < -0.4 is 4.74 Å². The zero-order chi connectivity index (χ0) is 20.4. The first-order valence-electron chi connectivity index (χ1n) is 9.33. The quantitative estimate of drug-likeness (QED) is 0.575. The Bertz CT molecular complexity index is 1100. The van der Waals surface area contributed by atoms with Crippen LogP contribution in [0, 0.1) is 0 Å². The molecular formula is C20H20ClN3O4S. The summed E-state index contributed by atoms with van der Waals surface area (Å²) in [6.07, 6.45) is 1.34. The molecule has 2 aromatic carbocycles. The van der Waals surface area contributed by atoms with E-state index in [-0.39, 0.29) is 10.8 Å². The van der Waals surface area contributed by atoms with Gasteiger partial charge in [-0.3, -0.25) is 0 Å². The molecule has 4 rings (SSSR count). The van der Waals surface area contributed by atoms with Crippen molar-refractivity contribution in [3.63, 3.8) is 0 Å². The Hall–Kier alpha value is -2.42. The van der Waals surface area contributed by atoms with Gasteiger partial charge in [-0.15, -0.1) is 0 Å². The van der Waals surface area contributed by atoms with E-state index in [1.54, 1.807) is 42.5 Å². The second-order valence-electron chi connectivity index (χ2n) is 6.64. The summed E-state index contributed by atoms with van der Waals surface area (Å²) in [5.41, 5.74) is 0.714. The maximum absolute atomic E-state index is 13.2. The van der Waals surface area contributed by atoms with E-state index in [1.807, 2.05) is 13.0 Å².